The van der Waals surface area contributed by atoms with Gasteiger partial charge in [-0.05, 0) is 30.5 Å². The van der Waals surface area contributed by atoms with Crippen molar-refractivity contribution in [3.05, 3.63) is 29.3 Å². The molecule has 0 aromatic heterocycles. The molecule has 1 saturated carbocycles. The quantitative estimate of drug-likeness (QED) is 0.313. The fraction of sp³-hybridized carbons (Fsp3) is 0.500. The summed E-state index contributed by atoms with van der Waals surface area (Å²) in [4.78, 5) is 0. The molecule has 0 radical (unpaired) electrons. The van der Waals surface area contributed by atoms with E-state index in [1.807, 2.05) is 18.2 Å². The van der Waals surface area contributed by atoms with E-state index in [0.29, 0.717) is 23.5 Å². The molecule has 0 amide bonds. The third kappa shape index (κ3) is 3.20. The Kier molecular flexibility index (Phi) is 4.81. The van der Waals surface area contributed by atoms with Gasteiger partial charge in [0.05, 0.1) is 18.8 Å². The highest BCUT2D eigenvalue weighted by atomic mass is 16.5. The Labute approximate surface area is 118 Å². The molecule has 1 aliphatic rings. The maximum Gasteiger partial charge on any atom is 0.173 e. The van der Waals surface area contributed by atoms with E-state index in [9.17, 15) is 0 Å². The third-order valence-corrected chi connectivity index (χ3v) is 3.67. The Morgan fingerprint density at radius 3 is 2.80 bits per heavy atom. The first kappa shape index (κ1) is 14.6. The number of nitrogens with two attached hydrogens (primary N) is 1. The van der Waals surface area contributed by atoms with Crippen LogP contribution in [0.1, 0.15) is 24.0 Å². The minimum absolute atomic E-state index is 0.0480. The third-order valence-electron chi connectivity index (χ3n) is 3.67. The molecule has 0 bridgehead atoms. The number of oxime groups is 1. The maximum absolute atomic E-state index is 8.80. The first-order valence-corrected chi connectivity index (χ1v) is 6.59. The van der Waals surface area contributed by atoms with Crippen LogP contribution in [0.5, 0.6) is 5.75 Å². The highest BCUT2D eigenvalue weighted by molar-refractivity contribution is 5.99. The van der Waals surface area contributed by atoms with E-state index in [2.05, 4.69) is 10.5 Å². The summed E-state index contributed by atoms with van der Waals surface area (Å²) in [6.45, 7) is 0.733. The molecule has 1 aromatic rings. The van der Waals surface area contributed by atoms with Gasteiger partial charge >= 0.3 is 0 Å². The minimum atomic E-state index is 0.0480. The van der Waals surface area contributed by atoms with Gasteiger partial charge in [-0.3, -0.25) is 0 Å². The van der Waals surface area contributed by atoms with Gasteiger partial charge in [0, 0.05) is 19.7 Å². The first-order valence-electron chi connectivity index (χ1n) is 6.59. The summed E-state index contributed by atoms with van der Waals surface area (Å²) in [6, 6.07) is 6.15. The Hall–Kier alpha value is -1.79. The normalized spacial score (nSPS) is 22.4. The Morgan fingerprint density at radius 1 is 1.45 bits per heavy atom. The molecule has 0 saturated heterocycles. The molecule has 20 heavy (non-hydrogen) atoms. The second kappa shape index (κ2) is 6.58. The minimum Gasteiger partial charge on any atom is -0.496 e. The molecule has 1 aromatic carbocycles. The summed E-state index contributed by atoms with van der Waals surface area (Å²) >= 11 is 0. The lowest BCUT2D eigenvalue weighted by Crippen LogP contribution is -2.44. The average Bonchev–Trinajstić information content (AvgIpc) is 2.44. The molecule has 110 valence electrons. The molecule has 0 unspecified atom stereocenters. The highest BCUT2D eigenvalue weighted by Gasteiger charge is 2.28. The zero-order valence-corrected chi connectivity index (χ0v) is 11.8. The van der Waals surface area contributed by atoms with Gasteiger partial charge in [-0.25, -0.2) is 0 Å². The number of methoxy groups -OCH3 is 2. The second-order valence-corrected chi connectivity index (χ2v) is 4.93. The zero-order valence-electron chi connectivity index (χ0n) is 11.8. The van der Waals surface area contributed by atoms with Gasteiger partial charge < -0.3 is 25.7 Å². The van der Waals surface area contributed by atoms with Gasteiger partial charge in [-0.2, -0.15) is 0 Å². The molecule has 0 aliphatic heterocycles. The van der Waals surface area contributed by atoms with E-state index in [1.54, 1.807) is 14.2 Å². The zero-order chi connectivity index (χ0) is 14.5. The van der Waals surface area contributed by atoms with Crippen LogP contribution in [0.2, 0.25) is 0 Å². The summed E-state index contributed by atoms with van der Waals surface area (Å²) < 4.78 is 10.4. The number of ether oxygens (including phenoxy) is 2. The fourth-order valence-corrected chi connectivity index (χ4v) is 2.31. The SMILES string of the molecule is COc1ccc(CNC2CC(OC)C2)cc1/C(N)=N/O. The standard InChI is InChI=1S/C14H21N3O3/c1-19-11-6-10(7-11)16-8-9-3-4-13(20-2)12(5-9)14(15)17-18/h3-5,10-11,16,18H,6-8H2,1-2H3,(H2,15,17). The summed E-state index contributed by atoms with van der Waals surface area (Å²) in [5.41, 5.74) is 7.31. The Balaban J connectivity index is 1.99. The number of benzene rings is 1. The lowest BCUT2D eigenvalue weighted by atomic mass is 9.89. The van der Waals surface area contributed by atoms with Crippen LogP contribution in [0, 0.1) is 0 Å². The smallest absolute Gasteiger partial charge is 0.173 e. The van der Waals surface area contributed by atoms with E-state index in [1.165, 1.54) is 0 Å². The van der Waals surface area contributed by atoms with E-state index in [4.69, 9.17) is 20.4 Å². The van der Waals surface area contributed by atoms with Crippen molar-refractivity contribution in [3.63, 3.8) is 0 Å². The van der Waals surface area contributed by atoms with Gasteiger partial charge in [0.25, 0.3) is 0 Å². The van der Waals surface area contributed by atoms with Gasteiger partial charge in [0.15, 0.2) is 5.84 Å². The number of nitrogens with zero attached hydrogens (tertiary/aromatic N) is 1. The van der Waals surface area contributed by atoms with Crippen LogP contribution >= 0.6 is 0 Å². The Morgan fingerprint density at radius 2 is 2.20 bits per heavy atom. The van der Waals surface area contributed by atoms with Crippen LogP contribution in [-0.4, -0.2) is 37.4 Å². The van der Waals surface area contributed by atoms with Crippen LogP contribution in [0.4, 0.5) is 0 Å². The lowest BCUT2D eigenvalue weighted by molar-refractivity contribution is 0.0170. The molecule has 4 N–H and O–H groups in total. The summed E-state index contributed by atoms with van der Waals surface area (Å²) in [7, 11) is 3.30. The summed E-state index contributed by atoms with van der Waals surface area (Å²) in [5, 5.41) is 15.3. The fourth-order valence-electron chi connectivity index (χ4n) is 2.31. The van der Waals surface area contributed by atoms with Crippen molar-refractivity contribution in [3.8, 4) is 5.75 Å². The van der Waals surface area contributed by atoms with Crippen LogP contribution < -0.4 is 15.8 Å². The van der Waals surface area contributed by atoms with Gasteiger partial charge in [0.1, 0.15) is 5.75 Å². The molecule has 1 aliphatic carbocycles. The van der Waals surface area contributed by atoms with Crippen LogP contribution in [0.3, 0.4) is 0 Å². The van der Waals surface area contributed by atoms with E-state index >= 15 is 0 Å². The Bertz CT molecular complexity index is 485. The van der Waals surface area contributed by atoms with Crippen molar-refractivity contribution in [1.29, 1.82) is 0 Å². The summed E-state index contributed by atoms with van der Waals surface area (Å²) in [6.07, 6.45) is 2.47. The van der Waals surface area contributed by atoms with E-state index < -0.39 is 0 Å². The lowest BCUT2D eigenvalue weighted by Gasteiger charge is -2.34. The van der Waals surface area contributed by atoms with Crippen molar-refractivity contribution < 1.29 is 14.7 Å². The average molecular weight is 279 g/mol. The number of rotatable bonds is 6. The predicted molar refractivity (Wildman–Crippen MR) is 76.2 cm³/mol. The first-order chi connectivity index (χ1) is 9.67. The summed E-state index contributed by atoms with van der Waals surface area (Å²) in [5.74, 6) is 0.638. The van der Waals surface area contributed by atoms with Gasteiger partial charge in [0.2, 0.25) is 0 Å². The van der Waals surface area contributed by atoms with Crippen LogP contribution in [-0.2, 0) is 11.3 Å². The van der Waals surface area contributed by atoms with Gasteiger partial charge in [-0.1, -0.05) is 11.2 Å². The molecule has 2 rings (SSSR count). The van der Waals surface area contributed by atoms with Crippen molar-refractivity contribution in [2.75, 3.05) is 14.2 Å². The number of hydrogen-bond acceptors (Lipinski definition) is 5. The molecule has 0 spiro atoms. The predicted octanol–water partition coefficient (Wildman–Crippen LogP) is 1.06. The molecule has 1 fully saturated rings. The molecule has 6 nitrogen and oxygen atoms in total. The number of hydrogen-bond donors (Lipinski definition) is 3. The maximum atomic E-state index is 8.80. The van der Waals surface area contributed by atoms with Crippen molar-refractivity contribution in [2.24, 2.45) is 10.9 Å². The van der Waals surface area contributed by atoms with E-state index in [-0.39, 0.29) is 5.84 Å². The molecule has 0 heterocycles. The molecular weight excluding hydrogens is 258 g/mol. The number of amidine groups is 1. The molecule has 0 atom stereocenters. The largest absolute Gasteiger partial charge is 0.496 e. The molecule has 6 heteroatoms. The molecular formula is C14H21N3O3. The van der Waals surface area contributed by atoms with Crippen molar-refractivity contribution >= 4 is 5.84 Å². The monoisotopic (exact) mass is 279 g/mol. The van der Waals surface area contributed by atoms with Crippen molar-refractivity contribution in [2.45, 2.75) is 31.5 Å². The van der Waals surface area contributed by atoms with Gasteiger partial charge in [-0.15, -0.1) is 0 Å². The highest BCUT2D eigenvalue weighted by Crippen LogP contribution is 2.24. The second-order valence-electron chi connectivity index (χ2n) is 4.93. The van der Waals surface area contributed by atoms with E-state index in [0.717, 1.165) is 24.9 Å². The van der Waals surface area contributed by atoms with Crippen molar-refractivity contribution in [1.82, 2.24) is 5.32 Å². The van der Waals surface area contributed by atoms with Crippen LogP contribution in [0.15, 0.2) is 23.4 Å². The topological polar surface area (TPSA) is 89.1 Å². The number of nitrogens with one attached hydrogen (secondary N) is 1. The van der Waals surface area contributed by atoms with Crippen LogP contribution in [0.25, 0.3) is 0 Å².